The van der Waals surface area contributed by atoms with Gasteiger partial charge < -0.3 is 0 Å². The molecule has 0 aliphatic heterocycles. The molecular weight excluding hydrogens is 565 g/mol. The van der Waals surface area contributed by atoms with Crippen LogP contribution in [0.5, 0.6) is 0 Å². The van der Waals surface area contributed by atoms with Gasteiger partial charge in [0, 0.05) is 0 Å². The second-order valence-electron chi connectivity index (χ2n) is 12.3. The minimum atomic E-state index is -2.34. The van der Waals surface area contributed by atoms with E-state index >= 15 is 0 Å². The van der Waals surface area contributed by atoms with Gasteiger partial charge in [0.05, 0.1) is 0 Å². The monoisotopic (exact) mass is 629 g/mol. The van der Waals surface area contributed by atoms with E-state index in [0.717, 1.165) is 25.5 Å². The van der Waals surface area contributed by atoms with Gasteiger partial charge in [0.15, 0.2) is 0 Å². The summed E-state index contributed by atoms with van der Waals surface area (Å²) < 4.78 is 11.4. The van der Waals surface area contributed by atoms with Gasteiger partial charge in [0.1, 0.15) is 0 Å². The Labute approximate surface area is 235 Å². The minimum absolute atomic E-state index is 0.120. The Bertz CT molecular complexity index is 578. The number of amides is 1. The van der Waals surface area contributed by atoms with Crippen molar-refractivity contribution in [1.82, 2.24) is 4.90 Å². The van der Waals surface area contributed by atoms with Crippen molar-refractivity contribution in [2.75, 3.05) is 0 Å². The molecule has 0 heterocycles. The SMILES string of the molecule is CCCCCCCCC[C@H](CC=O)N(/C=C\[CH2][Sn]([CH2]CCC)([CH2]CCC)[CH2]CCC)C(=O)OC(C)(C)C. The third kappa shape index (κ3) is 18.4. The van der Waals surface area contributed by atoms with E-state index in [2.05, 4.69) is 33.8 Å². The van der Waals surface area contributed by atoms with E-state index in [4.69, 9.17) is 4.74 Å². The number of hydrogen-bond acceptors (Lipinski definition) is 3. The second kappa shape index (κ2) is 22.3. The normalized spacial score (nSPS) is 13.2. The molecule has 5 heteroatoms. The number of carbonyl (C=O) groups excluding carboxylic acids is 2. The number of aldehydes is 1. The number of rotatable bonds is 23. The zero-order chi connectivity index (χ0) is 28.0. The van der Waals surface area contributed by atoms with E-state index < -0.39 is 24.0 Å². The summed E-state index contributed by atoms with van der Waals surface area (Å²) in [7, 11) is 0. The molecule has 0 rings (SSSR count). The summed E-state index contributed by atoms with van der Waals surface area (Å²) in [5.74, 6) is 0. The predicted molar refractivity (Wildman–Crippen MR) is 164 cm³/mol. The van der Waals surface area contributed by atoms with Gasteiger partial charge in [0.25, 0.3) is 0 Å². The fourth-order valence-electron chi connectivity index (χ4n) is 5.22. The Hall–Kier alpha value is -0.521. The maximum absolute atomic E-state index is 13.3. The summed E-state index contributed by atoms with van der Waals surface area (Å²) >= 11 is -2.34. The summed E-state index contributed by atoms with van der Waals surface area (Å²) in [5, 5.41) is 0. The molecular formula is C32H63NO3Sn. The van der Waals surface area contributed by atoms with Gasteiger partial charge in [0.2, 0.25) is 0 Å². The summed E-state index contributed by atoms with van der Waals surface area (Å²) in [6.45, 7) is 14.9. The van der Waals surface area contributed by atoms with Crippen LogP contribution in [0.3, 0.4) is 0 Å². The van der Waals surface area contributed by atoms with Crippen molar-refractivity contribution in [1.29, 1.82) is 0 Å². The van der Waals surface area contributed by atoms with E-state index in [1.807, 2.05) is 27.0 Å². The molecule has 0 aromatic carbocycles. The summed E-state index contributed by atoms with van der Waals surface area (Å²) in [5.41, 5.74) is -0.555. The molecule has 0 fully saturated rings. The number of unbranched alkanes of at least 4 members (excludes halogenated alkanes) is 9. The first-order valence-electron chi connectivity index (χ1n) is 15.8. The zero-order valence-electron chi connectivity index (χ0n) is 25.9. The van der Waals surface area contributed by atoms with Gasteiger partial charge in [-0.2, -0.15) is 0 Å². The van der Waals surface area contributed by atoms with Gasteiger partial charge in [-0.15, -0.1) is 0 Å². The fourth-order valence-corrected chi connectivity index (χ4v) is 20.3. The Kier molecular flexibility index (Phi) is 22.0. The topological polar surface area (TPSA) is 46.6 Å². The molecule has 0 bridgehead atoms. The molecule has 0 radical (unpaired) electrons. The fraction of sp³-hybridized carbons (Fsp3) is 0.875. The van der Waals surface area contributed by atoms with Gasteiger partial charge in [-0.25, -0.2) is 0 Å². The molecule has 1 atom stereocenters. The van der Waals surface area contributed by atoms with Crippen molar-refractivity contribution in [3.8, 4) is 0 Å². The first-order valence-corrected chi connectivity index (χ1v) is 23.9. The van der Waals surface area contributed by atoms with Crippen LogP contribution in [0.4, 0.5) is 4.79 Å². The molecule has 0 unspecified atom stereocenters. The Morgan fingerprint density at radius 3 is 1.73 bits per heavy atom. The van der Waals surface area contributed by atoms with Crippen LogP contribution in [0.2, 0.25) is 17.7 Å². The maximum atomic E-state index is 13.3. The summed E-state index contributed by atoms with van der Waals surface area (Å²) in [6, 6.07) is -0.120. The summed E-state index contributed by atoms with van der Waals surface area (Å²) in [4.78, 5) is 26.7. The predicted octanol–water partition coefficient (Wildman–Crippen LogP) is 10.7. The van der Waals surface area contributed by atoms with Crippen molar-refractivity contribution >= 4 is 30.8 Å². The van der Waals surface area contributed by atoms with E-state index in [-0.39, 0.29) is 12.1 Å². The third-order valence-electron chi connectivity index (χ3n) is 7.51. The molecule has 0 saturated heterocycles. The average molecular weight is 629 g/mol. The number of allylic oxidation sites excluding steroid dienone is 1. The van der Waals surface area contributed by atoms with E-state index in [1.54, 1.807) is 4.90 Å². The molecule has 0 aliphatic rings. The first-order chi connectivity index (χ1) is 17.7. The van der Waals surface area contributed by atoms with E-state index in [0.29, 0.717) is 6.42 Å². The zero-order valence-corrected chi connectivity index (χ0v) is 28.8. The van der Waals surface area contributed by atoms with Crippen LogP contribution < -0.4 is 0 Å². The number of hydrogen-bond donors (Lipinski definition) is 0. The van der Waals surface area contributed by atoms with Gasteiger partial charge in [-0.05, 0) is 0 Å². The van der Waals surface area contributed by atoms with E-state index in [9.17, 15) is 9.59 Å². The van der Waals surface area contributed by atoms with Crippen LogP contribution in [0.25, 0.3) is 0 Å². The van der Waals surface area contributed by atoms with Gasteiger partial charge in [-0.3, -0.25) is 0 Å². The van der Waals surface area contributed by atoms with Crippen LogP contribution in [0.15, 0.2) is 12.3 Å². The second-order valence-corrected chi connectivity index (χ2v) is 26.3. The van der Waals surface area contributed by atoms with Crippen molar-refractivity contribution in [3.63, 3.8) is 0 Å². The summed E-state index contributed by atoms with van der Waals surface area (Å²) in [6.07, 6.45) is 22.7. The van der Waals surface area contributed by atoms with Crippen LogP contribution in [-0.2, 0) is 9.53 Å². The van der Waals surface area contributed by atoms with Crippen LogP contribution >= 0.6 is 0 Å². The standard InChI is InChI=1S/C20H36NO3.3C4H9.Sn/c1-6-8-9-10-11-12-13-14-18(15-17-22)21(16-7-2)19(23)24-20(3,4)5;3*1-3-4-2;/h7,16-18H,2,6,8-15H2,1,3-5H3;3*1,3-4H2,2H3;/b16-7-;;;;/t18-;;;;/m1..../s1. The van der Waals surface area contributed by atoms with Crippen LogP contribution in [-0.4, -0.2) is 47.3 Å². The molecule has 4 nitrogen and oxygen atoms in total. The Morgan fingerprint density at radius 2 is 1.27 bits per heavy atom. The molecule has 0 aromatic heterocycles. The van der Waals surface area contributed by atoms with E-state index in [1.165, 1.54) is 88.4 Å². The molecule has 1 amide bonds. The molecule has 0 N–H and O–H groups in total. The third-order valence-corrected chi connectivity index (χ3v) is 22.8. The molecule has 0 spiro atoms. The first kappa shape index (κ1) is 36.5. The molecule has 0 aliphatic carbocycles. The van der Waals surface area contributed by atoms with Crippen molar-refractivity contribution in [3.05, 3.63) is 12.3 Å². The van der Waals surface area contributed by atoms with Crippen molar-refractivity contribution in [2.24, 2.45) is 0 Å². The molecule has 37 heavy (non-hydrogen) atoms. The molecule has 0 saturated carbocycles. The van der Waals surface area contributed by atoms with Gasteiger partial charge in [-0.1, -0.05) is 13.3 Å². The molecule has 0 aromatic rings. The molecule has 218 valence electrons. The van der Waals surface area contributed by atoms with Gasteiger partial charge >= 0.3 is 223 Å². The quantitative estimate of drug-likeness (QED) is 0.0643. The number of carbonyl (C=O) groups is 2. The van der Waals surface area contributed by atoms with Crippen LogP contribution in [0.1, 0.15) is 145 Å². The number of nitrogens with zero attached hydrogens (tertiary/aromatic N) is 1. The Morgan fingerprint density at radius 1 is 0.784 bits per heavy atom. The van der Waals surface area contributed by atoms with Crippen molar-refractivity contribution in [2.45, 2.75) is 174 Å². The van der Waals surface area contributed by atoms with Crippen molar-refractivity contribution < 1.29 is 14.3 Å². The Balaban J connectivity index is 5.65. The number of ether oxygens (including phenoxy) is 1. The van der Waals surface area contributed by atoms with Crippen LogP contribution in [0, 0.1) is 0 Å². The average Bonchev–Trinajstić information content (AvgIpc) is 2.85.